The third kappa shape index (κ3) is 21.5. The second-order valence-electron chi connectivity index (χ2n) is 26.5. The normalized spacial score (nSPS) is 27.4. The first-order valence-electron chi connectivity index (χ1n) is 31.2. The van der Waals surface area contributed by atoms with Gasteiger partial charge in [0.25, 0.3) is 0 Å². The third-order valence-corrected chi connectivity index (χ3v) is 16.6. The first-order valence-corrected chi connectivity index (χ1v) is 31.2. The van der Waals surface area contributed by atoms with E-state index in [1.807, 2.05) is 55.4 Å². The van der Waals surface area contributed by atoms with Gasteiger partial charge in [-0.05, 0) is 101 Å². The third-order valence-electron chi connectivity index (χ3n) is 16.6. The van der Waals surface area contributed by atoms with E-state index in [-0.39, 0.29) is 62.2 Å². The van der Waals surface area contributed by atoms with Crippen LogP contribution in [0, 0.1) is 41.4 Å². The molecule has 1 aliphatic rings. The lowest BCUT2D eigenvalue weighted by Crippen LogP contribution is -2.64. The molecule has 1 heterocycles. The molecule has 498 valence electrons. The zero-order valence-corrected chi connectivity index (χ0v) is 57.1. The van der Waals surface area contributed by atoms with Gasteiger partial charge < -0.3 is 65.8 Å². The summed E-state index contributed by atoms with van der Waals surface area (Å²) in [6.07, 6.45) is 2.71. The number of aliphatic hydroxyl groups is 2. The number of allylic oxidation sites excluding steroid dienone is 2. The average Bonchev–Trinajstić information content (AvgIpc) is 1.23. The number of nitrogens with one attached hydrogen (secondary N) is 4. The topological polar surface area (TPSA) is 299 Å². The van der Waals surface area contributed by atoms with Crippen LogP contribution in [0.15, 0.2) is 12.2 Å². The summed E-state index contributed by atoms with van der Waals surface area (Å²) in [5, 5.41) is 33.9. The van der Waals surface area contributed by atoms with Crippen LogP contribution in [-0.4, -0.2) is 238 Å². The Morgan fingerprint density at radius 2 is 0.805 bits per heavy atom. The van der Waals surface area contributed by atoms with Crippen LogP contribution in [-0.2, 0) is 52.7 Å². The molecule has 87 heavy (non-hydrogen) atoms. The zero-order chi connectivity index (χ0) is 67.6. The van der Waals surface area contributed by atoms with Crippen molar-refractivity contribution >= 4 is 65.0 Å². The van der Waals surface area contributed by atoms with Crippen LogP contribution in [0.3, 0.4) is 0 Å². The molecule has 6 N–H and O–H groups in total. The molecule has 24 heteroatoms. The van der Waals surface area contributed by atoms with Gasteiger partial charge in [0, 0.05) is 49.3 Å². The van der Waals surface area contributed by atoms with E-state index in [4.69, 9.17) is 0 Å². The number of aliphatic hydroxyl groups excluding tert-OH is 2. The Bertz CT molecular complexity index is 2380. The molecule has 0 aromatic carbocycles. The lowest BCUT2D eigenvalue weighted by molar-refractivity contribution is -0.157. The van der Waals surface area contributed by atoms with Crippen molar-refractivity contribution in [3.8, 4) is 0 Å². The van der Waals surface area contributed by atoms with E-state index in [9.17, 15) is 53.4 Å². The molecule has 0 aliphatic carbocycles. The molecule has 0 unspecified atom stereocenters. The predicted molar refractivity (Wildman–Crippen MR) is 334 cm³/mol. The molecule has 0 radical (unpaired) electrons. The van der Waals surface area contributed by atoms with Crippen molar-refractivity contribution in [1.29, 1.82) is 0 Å². The number of carbonyl (C=O) groups excluding carboxylic acids is 11. The smallest absolute Gasteiger partial charge is 0.248 e. The number of hydrogen-bond acceptors (Lipinski definition) is 13. The maximum absolute atomic E-state index is 15.2. The van der Waals surface area contributed by atoms with Gasteiger partial charge in [0.05, 0.1) is 12.7 Å². The van der Waals surface area contributed by atoms with Crippen LogP contribution < -0.4 is 21.3 Å². The Balaban J connectivity index is 4.41. The number of hydrogen-bond donors (Lipinski definition) is 6. The molecule has 0 aromatic rings. The van der Waals surface area contributed by atoms with Crippen molar-refractivity contribution in [2.24, 2.45) is 41.4 Å². The van der Waals surface area contributed by atoms with Crippen molar-refractivity contribution in [3.05, 3.63) is 12.2 Å². The Labute approximate surface area is 520 Å². The van der Waals surface area contributed by atoms with Gasteiger partial charge in [-0.15, -0.1) is 0 Å². The van der Waals surface area contributed by atoms with Crippen LogP contribution in [0.5, 0.6) is 0 Å². The largest absolute Gasteiger partial charge is 0.394 e. The van der Waals surface area contributed by atoms with E-state index >= 15 is 9.59 Å². The van der Waals surface area contributed by atoms with Gasteiger partial charge in [0.1, 0.15) is 66.5 Å². The molecule has 24 nitrogen and oxygen atoms in total. The summed E-state index contributed by atoms with van der Waals surface area (Å²) in [5.74, 6) is -10.6. The van der Waals surface area contributed by atoms with Crippen molar-refractivity contribution in [2.75, 3.05) is 55.9 Å². The molecular weight excluding hydrogens is 1120 g/mol. The summed E-state index contributed by atoms with van der Waals surface area (Å²) in [6, 6.07) is -14.4. The van der Waals surface area contributed by atoms with E-state index in [0.717, 1.165) is 14.7 Å². The van der Waals surface area contributed by atoms with Gasteiger partial charge in [-0.3, -0.25) is 52.7 Å². The second kappa shape index (κ2) is 35.7. The molecule has 11 amide bonds. The number of nitrogens with zero attached hydrogens (tertiary/aromatic N) is 7. The van der Waals surface area contributed by atoms with Gasteiger partial charge in [-0.25, -0.2) is 0 Å². The molecule has 0 spiro atoms. The molecule has 1 saturated heterocycles. The SMILES string of the molecule is C/C=C/C[C@@H](C)[C@@H](O)[C@H]1C(=O)N[C@@H](CC)C(=O)N(C)[C@H](CO)C(=O)N(C)[C@@H](CC(C)C)C(=O)N[C@@H](C(C)C)C(=O)N(C)[C@@H](CC(C)C)C(=O)N[C@@H](C)C(=O)N[C@H](C)C(=O)N(C)[C@@H](CC(C)C)C(=O)N(C)[C@@H](CC(C)C)C(=O)N(C)[C@@H](C(C)C)C(=O)N1C. The quantitative estimate of drug-likeness (QED) is 0.121. The minimum atomic E-state index is -1.67. The maximum Gasteiger partial charge on any atom is 0.248 e. The summed E-state index contributed by atoms with van der Waals surface area (Å²) in [7, 11) is 9.64. The Hall–Kier alpha value is -6.17. The van der Waals surface area contributed by atoms with Crippen LogP contribution >= 0.6 is 0 Å². The molecule has 1 rings (SSSR count). The summed E-state index contributed by atoms with van der Waals surface area (Å²) in [5.41, 5.74) is 0. The molecule has 0 bridgehead atoms. The average molecular weight is 1230 g/mol. The molecular formula is C63H113N11O13. The summed E-state index contributed by atoms with van der Waals surface area (Å²) >= 11 is 0. The van der Waals surface area contributed by atoms with E-state index in [2.05, 4.69) is 21.3 Å². The van der Waals surface area contributed by atoms with Gasteiger partial charge in [-0.1, -0.05) is 109 Å². The first kappa shape index (κ1) is 78.8. The molecule has 0 aromatic heterocycles. The van der Waals surface area contributed by atoms with E-state index in [0.29, 0.717) is 0 Å². The second-order valence-corrected chi connectivity index (χ2v) is 26.5. The fraction of sp³-hybridized carbons (Fsp3) is 0.794. The Kier molecular flexibility index (Phi) is 32.4. The monoisotopic (exact) mass is 1230 g/mol. The van der Waals surface area contributed by atoms with Gasteiger partial charge in [-0.2, -0.15) is 0 Å². The van der Waals surface area contributed by atoms with Gasteiger partial charge in [0.2, 0.25) is 65.0 Å². The Morgan fingerprint density at radius 3 is 1.23 bits per heavy atom. The van der Waals surface area contributed by atoms with E-state index < -0.39 is 162 Å². The van der Waals surface area contributed by atoms with Crippen molar-refractivity contribution in [2.45, 2.75) is 229 Å². The summed E-state index contributed by atoms with van der Waals surface area (Å²) < 4.78 is 0. The number of amides is 11. The fourth-order valence-corrected chi connectivity index (χ4v) is 11.0. The maximum atomic E-state index is 15.2. The molecule has 0 saturated carbocycles. The number of likely N-dealkylation sites (N-methyl/N-ethyl adjacent to an activating group) is 7. The minimum Gasteiger partial charge on any atom is -0.394 e. The zero-order valence-electron chi connectivity index (χ0n) is 57.1. The molecule has 1 fully saturated rings. The van der Waals surface area contributed by atoms with Crippen LogP contribution in [0.1, 0.15) is 156 Å². The number of rotatable bonds is 16. The van der Waals surface area contributed by atoms with Crippen LogP contribution in [0.2, 0.25) is 0 Å². The van der Waals surface area contributed by atoms with Crippen molar-refractivity contribution in [1.82, 2.24) is 55.6 Å². The highest BCUT2D eigenvalue weighted by molar-refractivity contribution is 6.00. The van der Waals surface area contributed by atoms with Gasteiger partial charge >= 0.3 is 0 Å². The highest BCUT2D eigenvalue weighted by atomic mass is 16.3. The minimum absolute atomic E-state index is 0.0623. The molecule has 13 atom stereocenters. The van der Waals surface area contributed by atoms with E-state index in [1.54, 1.807) is 60.6 Å². The highest BCUT2D eigenvalue weighted by Gasteiger charge is 2.46. The van der Waals surface area contributed by atoms with E-state index in [1.165, 1.54) is 82.8 Å². The van der Waals surface area contributed by atoms with Gasteiger partial charge in [0.15, 0.2) is 0 Å². The highest BCUT2D eigenvalue weighted by Crippen LogP contribution is 2.26. The van der Waals surface area contributed by atoms with Crippen LogP contribution in [0.4, 0.5) is 0 Å². The van der Waals surface area contributed by atoms with Crippen molar-refractivity contribution < 1.29 is 63.0 Å². The van der Waals surface area contributed by atoms with Crippen LogP contribution in [0.25, 0.3) is 0 Å². The predicted octanol–water partition coefficient (Wildman–Crippen LogP) is 2.63. The standard InChI is InChI=1S/C63H113N11O13/c1-25-27-28-40(15)52(76)51-56(80)66-43(26-2)58(82)72(22)48(33-75)61(85)68(18)45(30-35(5)6)55(79)67-49(38(11)12)62(86)69(19)44(29-34(3)4)54(78)64-41(16)53(77)65-42(17)57(81)70(20)46(31-36(7)8)59(83)71(21)47(32-37(9)10)60(84)73(23)50(39(13)14)63(87)74(51)24/h25,27,34-52,75-76H,26,28-33H2,1-24H3,(H,64,78)(H,65,77)(H,66,80)(H,67,79)/b27-25+/t40-,41+,42-,43+,44+,45+,46+,47+,48-,49+,50+,51+,52-/m1/s1. The number of carbonyl (C=O) groups is 11. The van der Waals surface area contributed by atoms with Crippen molar-refractivity contribution in [3.63, 3.8) is 0 Å². The first-order chi connectivity index (χ1) is 40.2. The molecule has 1 aliphatic heterocycles. The lowest BCUT2D eigenvalue weighted by atomic mass is 9.91. The summed E-state index contributed by atoms with van der Waals surface area (Å²) in [6.45, 7) is 28.6. The Morgan fingerprint density at radius 1 is 0.425 bits per heavy atom. The summed E-state index contributed by atoms with van der Waals surface area (Å²) in [4.78, 5) is 169. The fourth-order valence-electron chi connectivity index (χ4n) is 11.0. The lowest BCUT2D eigenvalue weighted by Gasteiger charge is -2.41.